The topological polar surface area (TPSA) is 104 Å². The number of carbonyl (C=O) groups excluding carboxylic acids is 1. The Hall–Kier alpha value is -3.49. The van der Waals surface area contributed by atoms with Crippen LogP contribution < -0.4 is 19.9 Å². The first-order chi connectivity index (χ1) is 17.3. The van der Waals surface area contributed by atoms with Crippen LogP contribution in [0.25, 0.3) is 11.3 Å². The number of hydrogen-bond acceptors (Lipinski definition) is 7. The fourth-order valence-corrected chi connectivity index (χ4v) is 3.78. The number of rotatable bonds is 12. The van der Waals surface area contributed by atoms with Crippen molar-refractivity contribution in [3.63, 3.8) is 0 Å². The van der Waals surface area contributed by atoms with E-state index in [-0.39, 0.29) is 37.2 Å². The van der Waals surface area contributed by atoms with E-state index in [2.05, 4.69) is 4.98 Å². The Bertz CT molecular complexity index is 1210. The van der Waals surface area contributed by atoms with Gasteiger partial charge < -0.3 is 25.1 Å². The van der Waals surface area contributed by atoms with Crippen molar-refractivity contribution < 1.29 is 28.5 Å². The summed E-state index contributed by atoms with van der Waals surface area (Å²) < 4.78 is 30.4. The van der Waals surface area contributed by atoms with Crippen LogP contribution in [0.3, 0.4) is 0 Å². The fraction of sp³-hybridized carbons (Fsp3) is 0.357. The average molecular weight is 495 g/mol. The smallest absolute Gasteiger partial charge is 0.163 e. The molecular formula is C28H31FN2O5. The van der Waals surface area contributed by atoms with Gasteiger partial charge in [0.15, 0.2) is 17.3 Å². The van der Waals surface area contributed by atoms with Gasteiger partial charge in [-0.2, -0.15) is 0 Å². The second-order valence-electron chi connectivity index (χ2n) is 9.07. The zero-order valence-electron chi connectivity index (χ0n) is 20.5. The van der Waals surface area contributed by atoms with Gasteiger partial charge in [0.25, 0.3) is 0 Å². The highest BCUT2D eigenvalue weighted by molar-refractivity contribution is 5.96. The molecule has 1 saturated carbocycles. The van der Waals surface area contributed by atoms with Gasteiger partial charge in [-0.15, -0.1) is 0 Å². The van der Waals surface area contributed by atoms with Gasteiger partial charge in [0, 0.05) is 24.1 Å². The highest BCUT2D eigenvalue weighted by atomic mass is 19.1. The maximum atomic E-state index is 13.5. The molecule has 8 heteroatoms. The predicted molar refractivity (Wildman–Crippen MR) is 134 cm³/mol. The Morgan fingerprint density at radius 3 is 2.50 bits per heavy atom. The number of benzene rings is 2. The maximum Gasteiger partial charge on any atom is 0.163 e. The minimum Gasteiger partial charge on any atom is -0.493 e. The minimum atomic E-state index is -1.39. The van der Waals surface area contributed by atoms with Crippen LogP contribution in [0, 0.1) is 5.82 Å². The Morgan fingerprint density at radius 2 is 1.83 bits per heavy atom. The Morgan fingerprint density at radius 1 is 1.11 bits per heavy atom. The zero-order chi connectivity index (χ0) is 25.7. The van der Waals surface area contributed by atoms with Gasteiger partial charge >= 0.3 is 0 Å². The number of aliphatic hydroxyl groups is 1. The molecular weight excluding hydrogens is 463 g/mol. The van der Waals surface area contributed by atoms with Crippen LogP contribution >= 0.6 is 0 Å². The summed E-state index contributed by atoms with van der Waals surface area (Å²) >= 11 is 0. The van der Waals surface area contributed by atoms with Crippen molar-refractivity contribution in [3.8, 4) is 28.5 Å². The lowest BCUT2D eigenvalue weighted by molar-refractivity contribution is 0.0397. The molecule has 0 bridgehead atoms. The molecule has 0 radical (unpaired) electrons. The number of carbonyl (C=O) groups is 1. The van der Waals surface area contributed by atoms with Gasteiger partial charge in [-0.1, -0.05) is 0 Å². The second kappa shape index (κ2) is 11.1. The first-order valence-electron chi connectivity index (χ1n) is 12.0. The number of aromatic nitrogens is 1. The maximum absolute atomic E-state index is 13.5. The van der Waals surface area contributed by atoms with E-state index in [0.29, 0.717) is 46.3 Å². The third-order valence-electron chi connectivity index (χ3n) is 6.05. The molecule has 1 aliphatic carbocycles. The van der Waals surface area contributed by atoms with Crippen molar-refractivity contribution in [2.24, 2.45) is 5.73 Å². The van der Waals surface area contributed by atoms with Gasteiger partial charge in [-0.05, 0) is 80.8 Å². The molecule has 4 rings (SSSR count). The van der Waals surface area contributed by atoms with Gasteiger partial charge in [0.2, 0.25) is 0 Å². The number of pyridine rings is 1. The summed E-state index contributed by atoms with van der Waals surface area (Å²) in [4.78, 5) is 17.6. The Balaban J connectivity index is 1.51. The molecule has 1 atom stereocenters. The standard InChI is InChI=1S/C28H31FN2O5/c1-28(33,14-13-22(32)19-5-10-23(25(17-19)34-2)36-21-8-9-21)26-12-11-24(35-16-15-30)27(31-26)18-3-6-20(29)7-4-18/h3-7,10-12,17,21,33H,8-9,13-16,30H2,1-2H3. The lowest BCUT2D eigenvalue weighted by Gasteiger charge is -2.24. The molecule has 1 aliphatic rings. The highest BCUT2D eigenvalue weighted by Gasteiger charge is 2.28. The van der Waals surface area contributed by atoms with Crippen molar-refractivity contribution in [3.05, 3.63) is 71.7 Å². The molecule has 0 amide bonds. The molecule has 0 saturated heterocycles. The number of ketones is 1. The van der Waals surface area contributed by atoms with Crippen molar-refractivity contribution in [1.29, 1.82) is 0 Å². The Labute approximate surface area is 210 Å². The molecule has 2 aromatic carbocycles. The van der Waals surface area contributed by atoms with Gasteiger partial charge in [-0.3, -0.25) is 4.79 Å². The van der Waals surface area contributed by atoms with Crippen molar-refractivity contribution in [1.82, 2.24) is 4.98 Å². The van der Waals surface area contributed by atoms with Crippen LogP contribution in [0.4, 0.5) is 4.39 Å². The summed E-state index contributed by atoms with van der Waals surface area (Å²) in [5, 5.41) is 11.2. The number of halogens is 1. The van der Waals surface area contributed by atoms with E-state index >= 15 is 0 Å². The van der Waals surface area contributed by atoms with Crippen LogP contribution in [0.5, 0.6) is 17.2 Å². The largest absolute Gasteiger partial charge is 0.493 e. The number of Topliss-reactive ketones (excluding diaryl/α,β-unsaturated/α-hetero) is 1. The summed E-state index contributed by atoms with van der Waals surface area (Å²) in [5.74, 6) is 1.11. The summed E-state index contributed by atoms with van der Waals surface area (Å²) in [7, 11) is 1.54. The molecule has 0 spiro atoms. The van der Waals surface area contributed by atoms with E-state index in [1.807, 2.05) is 0 Å². The number of methoxy groups -OCH3 is 1. The molecule has 36 heavy (non-hydrogen) atoms. The summed E-state index contributed by atoms with van der Waals surface area (Å²) in [5.41, 5.74) is 6.13. The van der Waals surface area contributed by atoms with E-state index in [1.165, 1.54) is 12.1 Å². The van der Waals surface area contributed by atoms with Crippen LogP contribution in [-0.2, 0) is 5.60 Å². The molecule has 1 heterocycles. The predicted octanol–water partition coefficient (Wildman–Crippen LogP) is 4.65. The van der Waals surface area contributed by atoms with E-state index in [0.717, 1.165) is 12.8 Å². The van der Waals surface area contributed by atoms with Crippen molar-refractivity contribution in [2.45, 2.75) is 44.3 Å². The van der Waals surface area contributed by atoms with E-state index < -0.39 is 5.60 Å². The normalized spacial score (nSPS) is 14.7. The molecule has 3 aromatic rings. The van der Waals surface area contributed by atoms with E-state index in [1.54, 1.807) is 56.5 Å². The molecule has 1 aromatic heterocycles. The minimum absolute atomic E-state index is 0.0952. The summed E-state index contributed by atoms with van der Waals surface area (Å²) in [6.07, 6.45) is 2.51. The molecule has 0 aliphatic heterocycles. The summed E-state index contributed by atoms with van der Waals surface area (Å²) in [6.45, 7) is 2.22. The SMILES string of the molecule is COc1cc(C(=O)CCC(C)(O)c2ccc(OCCN)c(-c3ccc(F)cc3)n2)ccc1OC1CC1. The lowest BCUT2D eigenvalue weighted by atomic mass is 9.92. The van der Waals surface area contributed by atoms with Gasteiger partial charge in [0.1, 0.15) is 29.5 Å². The highest BCUT2D eigenvalue weighted by Crippen LogP contribution is 2.36. The molecule has 7 nitrogen and oxygen atoms in total. The number of nitrogens with zero attached hydrogens (tertiary/aromatic N) is 1. The molecule has 1 unspecified atom stereocenters. The van der Waals surface area contributed by atoms with Crippen molar-refractivity contribution in [2.75, 3.05) is 20.3 Å². The van der Waals surface area contributed by atoms with Gasteiger partial charge in [-0.25, -0.2) is 9.37 Å². The third-order valence-corrected chi connectivity index (χ3v) is 6.05. The average Bonchev–Trinajstić information content (AvgIpc) is 3.71. The van der Waals surface area contributed by atoms with Crippen LogP contribution in [0.15, 0.2) is 54.6 Å². The van der Waals surface area contributed by atoms with Gasteiger partial charge in [0.05, 0.1) is 18.9 Å². The van der Waals surface area contributed by atoms with Crippen molar-refractivity contribution >= 4 is 5.78 Å². The lowest BCUT2D eigenvalue weighted by Crippen LogP contribution is -2.24. The van der Waals surface area contributed by atoms with Crippen LogP contribution in [-0.4, -0.2) is 42.2 Å². The number of nitrogens with two attached hydrogens (primary N) is 1. The first-order valence-corrected chi connectivity index (χ1v) is 12.0. The fourth-order valence-electron chi connectivity index (χ4n) is 3.78. The monoisotopic (exact) mass is 494 g/mol. The Kier molecular flexibility index (Phi) is 7.86. The zero-order valence-corrected chi connectivity index (χ0v) is 20.5. The quantitative estimate of drug-likeness (QED) is 0.353. The third kappa shape index (κ3) is 6.19. The molecule has 1 fully saturated rings. The second-order valence-corrected chi connectivity index (χ2v) is 9.07. The van der Waals surface area contributed by atoms with E-state index in [4.69, 9.17) is 19.9 Å². The number of hydrogen-bond donors (Lipinski definition) is 2. The molecule has 190 valence electrons. The van der Waals surface area contributed by atoms with Crippen LogP contribution in [0.1, 0.15) is 48.7 Å². The summed E-state index contributed by atoms with van der Waals surface area (Å²) in [6, 6.07) is 14.4. The molecule has 3 N–H and O–H groups in total. The van der Waals surface area contributed by atoms with Crippen LogP contribution in [0.2, 0.25) is 0 Å². The van der Waals surface area contributed by atoms with E-state index in [9.17, 15) is 14.3 Å². The number of ether oxygens (including phenoxy) is 3. The first kappa shape index (κ1) is 25.6.